The van der Waals surface area contributed by atoms with Gasteiger partial charge in [-0.2, -0.15) is 0 Å². The fourth-order valence-electron chi connectivity index (χ4n) is 3.10. The number of likely N-dealkylation sites (N-methyl/N-ethyl adjacent to an activating group) is 1. The van der Waals surface area contributed by atoms with E-state index in [2.05, 4.69) is 18.4 Å². The van der Waals surface area contributed by atoms with Crippen LogP contribution in [-0.2, 0) is 4.74 Å². The Kier molecular flexibility index (Phi) is 4.86. The maximum absolute atomic E-state index is 5.46. The van der Waals surface area contributed by atoms with E-state index < -0.39 is 0 Å². The van der Waals surface area contributed by atoms with E-state index in [0.717, 1.165) is 19.1 Å². The minimum absolute atomic E-state index is 0.613. The molecule has 2 rings (SSSR count). The summed E-state index contributed by atoms with van der Waals surface area (Å²) in [7, 11) is 2.12. The summed E-state index contributed by atoms with van der Waals surface area (Å²) in [4.78, 5) is 0. The van der Waals surface area contributed by atoms with Gasteiger partial charge in [-0.25, -0.2) is 0 Å². The largest absolute Gasteiger partial charge is 0.381 e. The van der Waals surface area contributed by atoms with Gasteiger partial charge in [0, 0.05) is 19.3 Å². The lowest BCUT2D eigenvalue weighted by Gasteiger charge is -2.32. The SMILES string of the molecule is CNC(C1=CCCCCC1)C1CCOCC1. The number of hydrogen-bond acceptors (Lipinski definition) is 2. The highest BCUT2D eigenvalue weighted by Gasteiger charge is 2.25. The molecular formula is C14H25NO. The number of rotatable bonds is 3. The first-order chi connectivity index (χ1) is 7.92. The molecule has 0 aromatic rings. The molecule has 1 aliphatic heterocycles. The number of allylic oxidation sites excluding steroid dienone is 1. The average molecular weight is 223 g/mol. The summed E-state index contributed by atoms with van der Waals surface area (Å²) in [6, 6.07) is 0.613. The lowest BCUT2D eigenvalue weighted by atomic mass is 9.85. The Morgan fingerprint density at radius 1 is 1.25 bits per heavy atom. The van der Waals surface area contributed by atoms with Gasteiger partial charge in [0.25, 0.3) is 0 Å². The quantitative estimate of drug-likeness (QED) is 0.743. The maximum atomic E-state index is 5.46. The van der Waals surface area contributed by atoms with Crippen LogP contribution in [0.3, 0.4) is 0 Å². The minimum Gasteiger partial charge on any atom is -0.381 e. The van der Waals surface area contributed by atoms with Crippen LogP contribution >= 0.6 is 0 Å². The van der Waals surface area contributed by atoms with Crippen molar-refractivity contribution >= 4 is 0 Å². The molecule has 1 atom stereocenters. The monoisotopic (exact) mass is 223 g/mol. The Bertz CT molecular complexity index is 231. The van der Waals surface area contributed by atoms with Gasteiger partial charge in [-0.05, 0) is 51.5 Å². The lowest BCUT2D eigenvalue weighted by Crippen LogP contribution is -2.38. The zero-order chi connectivity index (χ0) is 11.2. The summed E-state index contributed by atoms with van der Waals surface area (Å²) in [5.74, 6) is 0.795. The van der Waals surface area contributed by atoms with Crippen molar-refractivity contribution in [2.24, 2.45) is 5.92 Å². The van der Waals surface area contributed by atoms with E-state index in [1.165, 1.54) is 44.9 Å². The van der Waals surface area contributed by atoms with E-state index in [0.29, 0.717) is 6.04 Å². The highest BCUT2D eigenvalue weighted by molar-refractivity contribution is 5.14. The van der Waals surface area contributed by atoms with Crippen LogP contribution in [0.15, 0.2) is 11.6 Å². The van der Waals surface area contributed by atoms with E-state index in [9.17, 15) is 0 Å². The molecule has 92 valence electrons. The summed E-state index contributed by atoms with van der Waals surface area (Å²) in [6.07, 6.45) is 11.7. The van der Waals surface area contributed by atoms with Crippen molar-refractivity contribution in [3.63, 3.8) is 0 Å². The zero-order valence-electron chi connectivity index (χ0n) is 10.5. The number of hydrogen-bond donors (Lipinski definition) is 1. The minimum atomic E-state index is 0.613. The fourth-order valence-corrected chi connectivity index (χ4v) is 3.10. The predicted octanol–water partition coefficient (Wildman–Crippen LogP) is 2.89. The van der Waals surface area contributed by atoms with Crippen LogP contribution in [0.4, 0.5) is 0 Å². The van der Waals surface area contributed by atoms with Crippen molar-refractivity contribution in [1.29, 1.82) is 0 Å². The van der Waals surface area contributed by atoms with Crippen LogP contribution in [-0.4, -0.2) is 26.3 Å². The molecule has 2 nitrogen and oxygen atoms in total. The van der Waals surface area contributed by atoms with Gasteiger partial charge in [0.05, 0.1) is 0 Å². The molecule has 0 spiro atoms. The normalized spacial score (nSPS) is 25.9. The molecule has 0 amide bonds. The maximum Gasteiger partial charge on any atom is 0.0469 e. The fraction of sp³-hybridized carbons (Fsp3) is 0.857. The standard InChI is InChI=1S/C14H25NO/c1-15-14(13-8-10-16-11-9-13)12-6-4-2-3-5-7-12/h6,13-15H,2-5,7-11H2,1H3. The lowest BCUT2D eigenvalue weighted by molar-refractivity contribution is 0.0584. The highest BCUT2D eigenvalue weighted by Crippen LogP contribution is 2.28. The van der Waals surface area contributed by atoms with E-state index in [-0.39, 0.29) is 0 Å². The van der Waals surface area contributed by atoms with Gasteiger partial charge < -0.3 is 10.1 Å². The topological polar surface area (TPSA) is 21.3 Å². The molecule has 16 heavy (non-hydrogen) atoms. The van der Waals surface area contributed by atoms with Crippen molar-refractivity contribution < 1.29 is 4.74 Å². The zero-order valence-corrected chi connectivity index (χ0v) is 10.5. The molecule has 2 aliphatic rings. The van der Waals surface area contributed by atoms with Crippen molar-refractivity contribution in [2.45, 2.75) is 51.0 Å². The summed E-state index contributed by atoms with van der Waals surface area (Å²) in [5, 5.41) is 3.55. The van der Waals surface area contributed by atoms with Gasteiger partial charge >= 0.3 is 0 Å². The number of nitrogens with one attached hydrogen (secondary N) is 1. The van der Waals surface area contributed by atoms with Gasteiger partial charge in [-0.15, -0.1) is 0 Å². The average Bonchev–Trinajstić information content (AvgIpc) is 2.61. The molecule has 1 fully saturated rings. The highest BCUT2D eigenvalue weighted by atomic mass is 16.5. The Labute approximate surface area is 99.4 Å². The van der Waals surface area contributed by atoms with Crippen molar-refractivity contribution in [1.82, 2.24) is 5.32 Å². The molecule has 1 unspecified atom stereocenters. The van der Waals surface area contributed by atoms with Crippen LogP contribution < -0.4 is 5.32 Å². The predicted molar refractivity (Wildman–Crippen MR) is 67.6 cm³/mol. The van der Waals surface area contributed by atoms with Crippen LogP contribution in [0.2, 0.25) is 0 Å². The third kappa shape index (κ3) is 3.08. The Balaban J connectivity index is 1.98. The molecule has 1 heterocycles. The third-order valence-corrected chi connectivity index (χ3v) is 4.02. The van der Waals surface area contributed by atoms with Gasteiger partial charge in [0.15, 0.2) is 0 Å². The summed E-state index contributed by atoms with van der Waals surface area (Å²) < 4.78 is 5.46. The van der Waals surface area contributed by atoms with Crippen LogP contribution in [0.25, 0.3) is 0 Å². The molecule has 1 saturated heterocycles. The first-order valence-corrected chi connectivity index (χ1v) is 6.86. The molecule has 0 radical (unpaired) electrons. The molecule has 0 aromatic carbocycles. The van der Waals surface area contributed by atoms with E-state index >= 15 is 0 Å². The first kappa shape index (κ1) is 12.1. The summed E-state index contributed by atoms with van der Waals surface area (Å²) in [6.45, 7) is 1.91. The van der Waals surface area contributed by atoms with Gasteiger partial charge in [0.2, 0.25) is 0 Å². The number of ether oxygens (including phenoxy) is 1. The van der Waals surface area contributed by atoms with E-state index in [4.69, 9.17) is 4.74 Å². The van der Waals surface area contributed by atoms with Crippen molar-refractivity contribution in [3.05, 3.63) is 11.6 Å². The van der Waals surface area contributed by atoms with Crippen LogP contribution in [0.5, 0.6) is 0 Å². The van der Waals surface area contributed by atoms with Crippen molar-refractivity contribution in [3.8, 4) is 0 Å². The summed E-state index contributed by atoms with van der Waals surface area (Å²) in [5.41, 5.74) is 1.67. The van der Waals surface area contributed by atoms with Gasteiger partial charge in [-0.1, -0.05) is 18.1 Å². The van der Waals surface area contributed by atoms with E-state index in [1.807, 2.05) is 0 Å². The summed E-state index contributed by atoms with van der Waals surface area (Å²) >= 11 is 0. The Morgan fingerprint density at radius 2 is 2.06 bits per heavy atom. The van der Waals surface area contributed by atoms with Crippen LogP contribution in [0.1, 0.15) is 44.9 Å². The van der Waals surface area contributed by atoms with Crippen molar-refractivity contribution in [2.75, 3.05) is 20.3 Å². The molecule has 0 aromatic heterocycles. The third-order valence-electron chi connectivity index (χ3n) is 4.02. The van der Waals surface area contributed by atoms with Gasteiger partial charge in [0.1, 0.15) is 0 Å². The molecule has 1 N–H and O–H groups in total. The molecular weight excluding hydrogens is 198 g/mol. The second-order valence-electron chi connectivity index (χ2n) is 5.09. The van der Waals surface area contributed by atoms with Gasteiger partial charge in [-0.3, -0.25) is 0 Å². The smallest absolute Gasteiger partial charge is 0.0469 e. The molecule has 0 saturated carbocycles. The van der Waals surface area contributed by atoms with Crippen LogP contribution in [0, 0.1) is 5.92 Å². The van der Waals surface area contributed by atoms with E-state index in [1.54, 1.807) is 5.57 Å². The Hall–Kier alpha value is -0.340. The molecule has 1 aliphatic carbocycles. The Morgan fingerprint density at radius 3 is 2.81 bits per heavy atom. The first-order valence-electron chi connectivity index (χ1n) is 6.86. The second kappa shape index (κ2) is 6.41. The second-order valence-corrected chi connectivity index (χ2v) is 5.09. The molecule has 2 heteroatoms. The molecule has 0 bridgehead atoms.